The predicted octanol–water partition coefficient (Wildman–Crippen LogP) is 3.41. The third-order valence-electron chi connectivity index (χ3n) is 5.41. The molecule has 0 radical (unpaired) electrons. The van der Waals surface area contributed by atoms with Gasteiger partial charge in [0.05, 0.1) is 5.69 Å². The van der Waals surface area contributed by atoms with Crippen LogP contribution in [0.25, 0.3) is 28.0 Å². The fourth-order valence-corrected chi connectivity index (χ4v) is 5.31. The lowest BCUT2D eigenvalue weighted by Gasteiger charge is -2.17. The number of furan rings is 1. The van der Waals surface area contributed by atoms with E-state index in [1.807, 2.05) is 31.2 Å². The van der Waals surface area contributed by atoms with Crippen LogP contribution >= 0.6 is 0 Å². The largest absolute Gasteiger partial charge is 0.440 e. The molecule has 1 aromatic carbocycles. The maximum Gasteiger partial charge on any atom is 0.276 e. The van der Waals surface area contributed by atoms with Gasteiger partial charge in [0.2, 0.25) is 10.9 Å². The average Bonchev–Trinajstić information content (AvgIpc) is 3.28. The molecule has 0 unspecified atom stereocenters. The molecule has 4 heterocycles. The minimum Gasteiger partial charge on any atom is -0.440 e. The minimum atomic E-state index is -3.66. The lowest BCUT2D eigenvalue weighted by Crippen LogP contribution is -2.31. The van der Waals surface area contributed by atoms with E-state index in [1.165, 1.54) is 10.4 Å². The SMILES string of the molecule is Cc1nn2c(-c3ccc(S(=O)(=O)N4CCCCCC4)o3)nnc2c2ccccc12. The summed E-state index contributed by atoms with van der Waals surface area (Å²) in [6.45, 7) is 2.97. The first-order valence-corrected chi connectivity index (χ1v) is 11.2. The molecule has 0 saturated carbocycles. The van der Waals surface area contributed by atoms with E-state index < -0.39 is 10.0 Å². The molecule has 1 aliphatic rings. The molecule has 4 aromatic rings. The van der Waals surface area contributed by atoms with E-state index >= 15 is 0 Å². The van der Waals surface area contributed by atoms with Crippen LogP contribution in [0, 0.1) is 6.92 Å². The van der Waals surface area contributed by atoms with Gasteiger partial charge in [-0.15, -0.1) is 10.2 Å². The molecule has 150 valence electrons. The Bertz CT molecular complexity index is 1300. The summed E-state index contributed by atoms with van der Waals surface area (Å²) in [5, 5.41) is 15.0. The van der Waals surface area contributed by atoms with Gasteiger partial charge in [0, 0.05) is 23.9 Å². The summed E-state index contributed by atoms with van der Waals surface area (Å²) in [6.07, 6.45) is 3.86. The first-order chi connectivity index (χ1) is 14.1. The zero-order chi connectivity index (χ0) is 20.0. The standard InChI is InChI=1S/C20H21N5O3S/c1-14-15-8-4-5-9-16(15)19-21-22-20(25(19)23-14)17-10-11-18(28-17)29(26,27)24-12-6-2-3-7-13-24/h4-5,8-11H,2-3,6-7,12-13H2,1H3. The van der Waals surface area contributed by atoms with Crippen molar-refractivity contribution in [3.05, 3.63) is 42.1 Å². The van der Waals surface area contributed by atoms with Crippen molar-refractivity contribution in [2.75, 3.05) is 13.1 Å². The molecule has 0 atom stereocenters. The Balaban J connectivity index is 1.58. The molecule has 29 heavy (non-hydrogen) atoms. The molecule has 0 aliphatic carbocycles. The maximum absolute atomic E-state index is 13.0. The van der Waals surface area contributed by atoms with E-state index in [2.05, 4.69) is 15.3 Å². The summed E-state index contributed by atoms with van der Waals surface area (Å²) < 4.78 is 34.9. The number of fused-ring (bicyclic) bond motifs is 3. The molecule has 1 aliphatic heterocycles. The number of rotatable bonds is 3. The van der Waals surface area contributed by atoms with Crippen molar-refractivity contribution in [1.82, 2.24) is 24.1 Å². The second-order valence-corrected chi connectivity index (χ2v) is 9.20. The van der Waals surface area contributed by atoms with Crippen LogP contribution in [0.1, 0.15) is 31.4 Å². The minimum absolute atomic E-state index is 0.0661. The van der Waals surface area contributed by atoms with Crippen molar-refractivity contribution in [2.24, 2.45) is 0 Å². The molecule has 8 nitrogen and oxygen atoms in total. The Morgan fingerprint density at radius 3 is 2.41 bits per heavy atom. The van der Waals surface area contributed by atoms with Gasteiger partial charge in [-0.1, -0.05) is 37.1 Å². The Morgan fingerprint density at radius 2 is 1.66 bits per heavy atom. The molecular formula is C20H21N5O3S. The van der Waals surface area contributed by atoms with E-state index in [9.17, 15) is 8.42 Å². The molecule has 0 amide bonds. The van der Waals surface area contributed by atoms with Crippen LogP contribution in [-0.4, -0.2) is 45.6 Å². The molecule has 0 spiro atoms. The second-order valence-electron chi connectivity index (χ2n) is 7.33. The van der Waals surface area contributed by atoms with Crippen LogP contribution in [0.15, 0.2) is 45.9 Å². The Hall–Kier alpha value is -2.78. The topological polar surface area (TPSA) is 93.6 Å². The lowest BCUT2D eigenvalue weighted by molar-refractivity contribution is 0.389. The number of benzene rings is 1. The zero-order valence-corrected chi connectivity index (χ0v) is 16.9. The van der Waals surface area contributed by atoms with Crippen LogP contribution in [0.4, 0.5) is 0 Å². The van der Waals surface area contributed by atoms with Crippen LogP contribution in [-0.2, 0) is 10.0 Å². The number of hydrogen-bond donors (Lipinski definition) is 0. The van der Waals surface area contributed by atoms with Crippen molar-refractivity contribution >= 4 is 26.4 Å². The van der Waals surface area contributed by atoms with E-state index in [-0.39, 0.29) is 5.09 Å². The van der Waals surface area contributed by atoms with Gasteiger partial charge in [0.25, 0.3) is 10.0 Å². The predicted molar refractivity (Wildman–Crippen MR) is 108 cm³/mol. The third-order valence-corrected chi connectivity index (χ3v) is 7.18. The van der Waals surface area contributed by atoms with Crippen molar-refractivity contribution in [2.45, 2.75) is 37.7 Å². The molecule has 3 aromatic heterocycles. The van der Waals surface area contributed by atoms with Crippen LogP contribution in [0.5, 0.6) is 0 Å². The summed E-state index contributed by atoms with van der Waals surface area (Å²) in [5.41, 5.74) is 1.44. The average molecular weight is 411 g/mol. The summed E-state index contributed by atoms with van der Waals surface area (Å²) in [4.78, 5) is 0. The molecule has 0 N–H and O–H groups in total. The van der Waals surface area contributed by atoms with Crippen LogP contribution < -0.4 is 0 Å². The highest BCUT2D eigenvalue weighted by molar-refractivity contribution is 7.89. The fourth-order valence-electron chi connectivity index (χ4n) is 3.88. The van der Waals surface area contributed by atoms with Gasteiger partial charge in [0.1, 0.15) is 0 Å². The van der Waals surface area contributed by atoms with Gasteiger partial charge in [-0.2, -0.15) is 13.9 Å². The Labute approximate surface area is 168 Å². The molecule has 5 rings (SSSR count). The van der Waals surface area contributed by atoms with E-state index in [1.54, 1.807) is 10.6 Å². The van der Waals surface area contributed by atoms with Gasteiger partial charge in [-0.3, -0.25) is 0 Å². The lowest BCUT2D eigenvalue weighted by atomic mass is 10.1. The first kappa shape index (κ1) is 18.3. The van der Waals surface area contributed by atoms with Crippen LogP contribution in [0.3, 0.4) is 0 Å². The smallest absolute Gasteiger partial charge is 0.276 e. The molecular weight excluding hydrogens is 390 g/mol. The number of hydrogen-bond acceptors (Lipinski definition) is 6. The third kappa shape index (κ3) is 3.01. The van der Waals surface area contributed by atoms with Crippen molar-refractivity contribution < 1.29 is 12.8 Å². The monoisotopic (exact) mass is 411 g/mol. The summed E-state index contributed by atoms with van der Waals surface area (Å²) in [6, 6.07) is 11.0. The number of aryl methyl sites for hydroxylation is 1. The van der Waals surface area contributed by atoms with Crippen LogP contribution in [0.2, 0.25) is 0 Å². The van der Waals surface area contributed by atoms with E-state index in [0.29, 0.717) is 30.3 Å². The summed E-state index contributed by atoms with van der Waals surface area (Å²) in [7, 11) is -3.66. The van der Waals surface area contributed by atoms with Crippen molar-refractivity contribution in [3.63, 3.8) is 0 Å². The highest BCUT2D eigenvalue weighted by atomic mass is 32.2. The normalized spacial score (nSPS) is 16.4. The van der Waals surface area contributed by atoms with Gasteiger partial charge >= 0.3 is 0 Å². The van der Waals surface area contributed by atoms with Crippen molar-refractivity contribution in [1.29, 1.82) is 0 Å². The summed E-state index contributed by atoms with van der Waals surface area (Å²) >= 11 is 0. The number of aromatic nitrogens is 4. The second kappa shape index (κ2) is 6.93. The zero-order valence-electron chi connectivity index (χ0n) is 16.1. The number of sulfonamides is 1. The Kier molecular flexibility index (Phi) is 4.36. The molecule has 1 saturated heterocycles. The quantitative estimate of drug-likeness (QED) is 0.513. The molecule has 0 bridgehead atoms. The first-order valence-electron chi connectivity index (χ1n) is 9.77. The Morgan fingerprint density at radius 1 is 0.931 bits per heavy atom. The highest BCUT2D eigenvalue weighted by Crippen LogP contribution is 2.28. The van der Waals surface area contributed by atoms with Gasteiger partial charge in [-0.25, -0.2) is 8.42 Å². The van der Waals surface area contributed by atoms with Gasteiger partial charge in [0.15, 0.2) is 11.4 Å². The van der Waals surface area contributed by atoms with Crippen molar-refractivity contribution in [3.8, 4) is 11.6 Å². The fraction of sp³-hybridized carbons (Fsp3) is 0.350. The molecule has 9 heteroatoms. The van der Waals surface area contributed by atoms with Gasteiger partial charge < -0.3 is 4.42 Å². The van der Waals surface area contributed by atoms with Gasteiger partial charge in [-0.05, 0) is 31.9 Å². The maximum atomic E-state index is 13.0. The molecule has 1 fully saturated rings. The summed E-state index contributed by atoms with van der Waals surface area (Å²) in [5.74, 6) is 0.708. The van der Waals surface area contributed by atoms with E-state index in [0.717, 1.165) is 42.1 Å². The number of nitrogens with zero attached hydrogens (tertiary/aromatic N) is 5. The van der Waals surface area contributed by atoms with E-state index in [4.69, 9.17) is 4.42 Å². The highest BCUT2D eigenvalue weighted by Gasteiger charge is 2.29.